The third kappa shape index (κ3) is 3.34. The average molecular weight is 258 g/mol. The number of rotatable bonds is 2. The quantitative estimate of drug-likeness (QED) is 0.497. The molecule has 2 fully saturated rings. The van der Waals surface area contributed by atoms with Gasteiger partial charge in [-0.25, -0.2) is 0 Å². The minimum atomic E-state index is -0.330. The Balaban J connectivity index is 1.75. The number of hydrogen-bond donors (Lipinski definition) is 3. The van der Waals surface area contributed by atoms with Gasteiger partial charge in [-0.3, -0.25) is 5.41 Å². The second-order valence-electron chi connectivity index (χ2n) is 4.32. The molecule has 1 atom stereocenters. The minimum Gasteiger partial charge on any atom is -0.370 e. The predicted octanol–water partition coefficient (Wildman–Crippen LogP) is 0.613. The Morgan fingerprint density at radius 2 is 2.12 bits per heavy atom. The number of guanidine groups is 1. The molecule has 0 aromatic heterocycles. The van der Waals surface area contributed by atoms with E-state index in [0.717, 1.165) is 12.8 Å². The Hall–Kier alpha value is -0.790. The number of aliphatic imine (C=N–C) groups is 1. The summed E-state index contributed by atoms with van der Waals surface area (Å²) in [6, 6.07) is 0. The van der Waals surface area contributed by atoms with Gasteiger partial charge in [0.05, 0.1) is 12.7 Å². The maximum Gasteiger partial charge on any atom is 0.193 e. The topological polar surface area (TPSA) is 107 Å². The summed E-state index contributed by atoms with van der Waals surface area (Å²) in [5.74, 6) is 0.236. The molecule has 1 aliphatic heterocycles. The largest absolute Gasteiger partial charge is 0.370 e. The number of ether oxygens (including phenoxy) is 2. The molecule has 0 amide bonds. The first-order valence-corrected chi connectivity index (χ1v) is 6.71. The van der Waals surface area contributed by atoms with Gasteiger partial charge in [-0.05, 0) is 12.8 Å². The zero-order valence-corrected chi connectivity index (χ0v) is 10.5. The van der Waals surface area contributed by atoms with Crippen LogP contribution in [0.4, 0.5) is 0 Å². The molecule has 1 spiro atoms. The Kier molecular flexibility index (Phi) is 3.90. The van der Waals surface area contributed by atoms with E-state index in [4.69, 9.17) is 26.4 Å². The summed E-state index contributed by atoms with van der Waals surface area (Å²) in [5, 5.41) is 7.61. The van der Waals surface area contributed by atoms with Gasteiger partial charge < -0.3 is 20.9 Å². The van der Waals surface area contributed by atoms with Crippen molar-refractivity contribution in [3.63, 3.8) is 0 Å². The SMILES string of the molecule is N=C(N=C(N)N)SCC1COC2(CCCC2)O1. The first-order chi connectivity index (χ1) is 8.10. The van der Waals surface area contributed by atoms with Gasteiger partial charge in [-0.1, -0.05) is 11.8 Å². The van der Waals surface area contributed by atoms with Crippen LogP contribution in [0.3, 0.4) is 0 Å². The van der Waals surface area contributed by atoms with E-state index >= 15 is 0 Å². The predicted molar refractivity (Wildman–Crippen MR) is 68.0 cm³/mol. The summed E-state index contributed by atoms with van der Waals surface area (Å²) in [6.07, 6.45) is 4.35. The van der Waals surface area contributed by atoms with Gasteiger partial charge in [-0.2, -0.15) is 4.99 Å². The third-order valence-electron chi connectivity index (χ3n) is 2.92. The van der Waals surface area contributed by atoms with Gasteiger partial charge in [0, 0.05) is 18.6 Å². The Morgan fingerprint density at radius 1 is 1.41 bits per heavy atom. The van der Waals surface area contributed by atoms with Crippen molar-refractivity contribution >= 4 is 22.9 Å². The van der Waals surface area contributed by atoms with Crippen LogP contribution in [0, 0.1) is 5.41 Å². The molecule has 1 unspecified atom stereocenters. The molecular formula is C10H18N4O2S. The zero-order chi connectivity index (χ0) is 12.3. The van der Waals surface area contributed by atoms with Crippen LogP contribution in [0.15, 0.2) is 4.99 Å². The molecule has 0 radical (unpaired) electrons. The fourth-order valence-electron chi connectivity index (χ4n) is 2.20. The fourth-order valence-corrected chi connectivity index (χ4v) is 2.87. The summed E-state index contributed by atoms with van der Waals surface area (Å²) in [4.78, 5) is 3.65. The molecule has 1 saturated carbocycles. The average Bonchev–Trinajstić information content (AvgIpc) is 2.86. The number of hydrogen-bond acceptors (Lipinski definition) is 4. The highest BCUT2D eigenvalue weighted by Crippen LogP contribution is 2.39. The molecule has 0 aromatic carbocycles. The van der Waals surface area contributed by atoms with Gasteiger partial charge in [0.25, 0.3) is 0 Å². The maximum atomic E-state index is 7.50. The van der Waals surface area contributed by atoms with E-state index in [1.807, 2.05) is 0 Å². The summed E-state index contributed by atoms with van der Waals surface area (Å²) < 4.78 is 11.7. The number of amidine groups is 1. The molecule has 0 aromatic rings. The molecule has 96 valence electrons. The maximum absolute atomic E-state index is 7.50. The lowest BCUT2D eigenvalue weighted by Crippen LogP contribution is -2.27. The van der Waals surface area contributed by atoms with Crippen molar-refractivity contribution in [3.8, 4) is 0 Å². The highest BCUT2D eigenvalue weighted by molar-refractivity contribution is 8.13. The molecule has 17 heavy (non-hydrogen) atoms. The lowest BCUT2D eigenvalue weighted by Gasteiger charge is -2.21. The molecule has 1 saturated heterocycles. The molecular weight excluding hydrogens is 240 g/mol. The number of nitrogens with two attached hydrogens (primary N) is 2. The van der Waals surface area contributed by atoms with Crippen molar-refractivity contribution in [1.82, 2.24) is 0 Å². The lowest BCUT2D eigenvalue weighted by atomic mass is 10.2. The Labute approximate surface area is 105 Å². The van der Waals surface area contributed by atoms with Crippen LogP contribution in [0.25, 0.3) is 0 Å². The normalized spacial score (nSPS) is 26.2. The third-order valence-corrected chi connectivity index (χ3v) is 3.82. The van der Waals surface area contributed by atoms with Crippen molar-refractivity contribution in [2.45, 2.75) is 37.6 Å². The highest BCUT2D eigenvalue weighted by atomic mass is 32.2. The van der Waals surface area contributed by atoms with Gasteiger partial charge >= 0.3 is 0 Å². The number of nitrogens with one attached hydrogen (secondary N) is 1. The standard InChI is InChI=1S/C10H18N4O2S/c11-8(12)14-9(13)17-6-7-5-15-10(16-7)3-1-2-4-10/h7H,1-6H2,(H5,11,12,13,14). The van der Waals surface area contributed by atoms with E-state index < -0.39 is 0 Å². The van der Waals surface area contributed by atoms with Gasteiger partial charge in [0.1, 0.15) is 0 Å². The molecule has 2 rings (SSSR count). The molecule has 6 nitrogen and oxygen atoms in total. The summed E-state index contributed by atoms with van der Waals surface area (Å²) in [7, 11) is 0. The first kappa shape index (κ1) is 12.7. The Bertz CT molecular complexity index is 324. The second kappa shape index (κ2) is 5.24. The summed E-state index contributed by atoms with van der Waals surface area (Å²) in [5.41, 5.74) is 10.4. The van der Waals surface area contributed by atoms with Crippen LogP contribution in [0.5, 0.6) is 0 Å². The minimum absolute atomic E-state index is 0.0349. The highest BCUT2D eigenvalue weighted by Gasteiger charge is 2.43. The van der Waals surface area contributed by atoms with Crippen LogP contribution < -0.4 is 11.5 Å². The first-order valence-electron chi connectivity index (χ1n) is 5.72. The summed E-state index contributed by atoms with van der Waals surface area (Å²) >= 11 is 1.27. The van der Waals surface area contributed by atoms with Crippen LogP contribution in [-0.4, -0.2) is 35.4 Å². The molecule has 1 heterocycles. The van der Waals surface area contributed by atoms with Crippen molar-refractivity contribution in [2.24, 2.45) is 16.5 Å². The molecule has 5 N–H and O–H groups in total. The monoisotopic (exact) mass is 258 g/mol. The fraction of sp³-hybridized carbons (Fsp3) is 0.800. The van der Waals surface area contributed by atoms with E-state index in [-0.39, 0.29) is 23.0 Å². The zero-order valence-electron chi connectivity index (χ0n) is 9.65. The van der Waals surface area contributed by atoms with Crippen molar-refractivity contribution in [1.29, 1.82) is 5.41 Å². The molecule has 2 aliphatic rings. The van der Waals surface area contributed by atoms with Crippen molar-refractivity contribution < 1.29 is 9.47 Å². The molecule has 7 heteroatoms. The van der Waals surface area contributed by atoms with Crippen LogP contribution in [-0.2, 0) is 9.47 Å². The molecule has 1 aliphatic carbocycles. The van der Waals surface area contributed by atoms with Gasteiger partial charge in [0.2, 0.25) is 0 Å². The van der Waals surface area contributed by atoms with E-state index in [1.165, 1.54) is 24.6 Å². The van der Waals surface area contributed by atoms with Crippen molar-refractivity contribution in [3.05, 3.63) is 0 Å². The van der Waals surface area contributed by atoms with Crippen LogP contribution in [0.2, 0.25) is 0 Å². The van der Waals surface area contributed by atoms with Gasteiger partial charge in [0.15, 0.2) is 16.9 Å². The molecule has 0 bridgehead atoms. The lowest BCUT2D eigenvalue weighted by molar-refractivity contribution is -0.159. The van der Waals surface area contributed by atoms with E-state index in [9.17, 15) is 0 Å². The van der Waals surface area contributed by atoms with Crippen LogP contribution in [0.1, 0.15) is 25.7 Å². The van der Waals surface area contributed by atoms with Gasteiger partial charge in [-0.15, -0.1) is 0 Å². The van der Waals surface area contributed by atoms with Crippen LogP contribution >= 0.6 is 11.8 Å². The number of thioether (sulfide) groups is 1. The Morgan fingerprint density at radius 3 is 2.76 bits per heavy atom. The second-order valence-corrected chi connectivity index (χ2v) is 5.33. The van der Waals surface area contributed by atoms with E-state index in [1.54, 1.807) is 0 Å². The van der Waals surface area contributed by atoms with E-state index in [0.29, 0.717) is 12.4 Å². The number of nitrogens with zero attached hydrogens (tertiary/aromatic N) is 1. The smallest absolute Gasteiger partial charge is 0.193 e. The summed E-state index contributed by atoms with van der Waals surface area (Å²) in [6.45, 7) is 0.599. The van der Waals surface area contributed by atoms with E-state index in [2.05, 4.69) is 4.99 Å². The van der Waals surface area contributed by atoms with Crippen molar-refractivity contribution in [2.75, 3.05) is 12.4 Å².